The van der Waals surface area contributed by atoms with Gasteiger partial charge in [-0.05, 0) is 37.1 Å². The number of methoxy groups -OCH3 is 1. The molecule has 2 aromatic rings. The van der Waals surface area contributed by atoms with Crippen molar-refractivity contribution in [3.8, 4) is 6.07 Å². The van der Waals surface area contributed by atoms with E-state index in [9.17, 15) is 14.9 Å². The minimum absolute atomic E-state index is 0.0629. The van der Waals surface area contributed by atoms with Crippen LogP contribution in [0.5, 0.6) is 0 Å². The van der Waals surface area contributed by atoms with Gasteiger partial charge in [-0.15, -0.1) is 0 Å². The standard InChI is InChI=1S/C26H24N2O4/c1-17-22(25(29)31-3)24(21-14-8-7-13-20(21)16-27)23(18(2)28-17)26(30)32-15-9-12-19-10-5-4-6-11-19/h4-14,24,28H,15H2,1-3H3. The van der Waals surface area contributed by atoms with Crippen molar-refractivity contribution in [1.82, 2.24) is 5.32 Å². The Morgan fingerprint density at radius 2 is 1.62 bits per heavy atom. The highest BCUT2D eigenvalue weighted by Crippen LogP contribution is 2.40. The van der Waals surface area contributed by atoms with Gasteiger partial charge in [0.1, 0.15) is 6.61 Å². The van der Waals surface area contributed by atoms with Crippen molar-refractivity contribution in [3.05, 3.63) is 99.9 Å². The molecule has 0 saturated carbocycles. The van der Waals surface area contributed by atoms with E-state index in [1.807, 2.05) is 36.4 Å². The molecule has 1 aliphatic rings. The number of carbonyl (C=O) groups is 2. The molecular weight excluding hydrogens is 404 g/mol. The van der Waals surface area contributed by atoms with Crippen LogP contribution in [0.1, 0.15) is 36.5 Å². The van der Waals surface area contributed by atoms with E-state index in [1.54, 1.807) is 44.2 Å². The summed E-state index contributed by atoms with van der Waals surface area (Å²) in [5.41, 5.74) is 3.57. The largest absolute Gasteiger partial charge is 0.466 e. The summed E-state index contributed by atoms with van der Waals surface area (Å²) in [7, 11) is 1.29. The summed E-state index contributed by atoms with van der Waals surface area (Å²) >= 11 is 0. The second-order valence-corrected chi connectivity index (χ2v) is 7.24. The van der Waals surface area contributed by atoms with Gasteiger partial charge in [0.25, 0.3) is 0 Å². The molecule has 1 N–H and O–H groups in total. The quantitative estimate of drug-likeness (QED) is 0.693. The van der Waals surface area contributed by atoms with E-state index < -0.39 is 17.9 Å². The smallest absolute Gasteiger partial charge is 0.337 e. The lowest BCUT2D eigenvalue weighted by molar-refractivity contribution is -0.138. The first-order valence-corrected chi connectivity index (χ1v) is 10.1. The van der Waals surface area contributed by atoms with Crippen LogP contribution in [0, 0.1) is 11.3 Å². The number of allylic oxidation sites excluding steroid dienone is 2. The lowest BCUT2D eigenvalue weighted by Crippen LogP contribution is -2.32. The molecule has 1 unspecified atom stereocenters. The van der Waals surface area contributed by atoms with Gasteiger partial charge < -0.3 is 14.8 Å². The Labute approximate surface area is 187 Å². The fraction of sp³-hybridized carbons (Fsp3) is 0.192. The summed E-state index contributed by atoms with van der Waals surface area (Å²) in [5, 5.41) is 12.7. The molecule has 6 nitrogen and oxygen atoms in total. The maximum atomic E-state index is 13.2. The third-order valence-corrected chi connectivity index (χ3v) is 5.20. The predicted molar refractivity (Wildman–Crippen MR) is 121 cm³/mol. The molecule has 0 fully saturated rings. The zero-order chi connectivity index (χ0) is 23.1. The van der Waals surface area contributed by atoms with Crippen molar-refractivity contribution in [2.75, 3.05) is 13.7 Å². The topological polar surface area (TPSA) is 88.4 Å². The number of hydrogen-bond acceptors (Lipinski definition) is 6. The van der Waals surface area contributed by atoms with Crippen molar-refractivity contribution in [2.45, 2.75) is 19.8 Å². The van der Waals surface area contributed by atoms with Gasteiger partial charge in [0, 0.05) is 11.4 Å². The summed E-state index contributed by atoms with van der Waals surface area (Å²) in [6.07, 6.45) is 3.61. The molecule has 0 aromatic heterocycles. The van der Waals surface area contributed by atoms with E-state index in [4.69, 9.17) is 9.47 Å². The van der Waals surface area contributed by atoms with E-state index in [2.05, 4.69) is 11.4 Å². The zero-order valence-corrected chi connectivity index (χ0v) is 18.2. The lowest BCUT2D eigenvalue weighted by Gasteiger charge is -2.30. The van der Waals surface area contributed by atoms with Gasteiger partial charge in [0.2, 0.25) is 0 Å². The van der Waals surface area contributed by atoms with Gasteiger partial charge in [-0.3, -0.25) is 0 Å². The molecule has 0 bridgehead atoms. The third kappa shape index (κ3) is 4.79. The SMILES string of the molecule is COC(=O)C1=C(C)NC(C)=C(C(=O)OCC=Cc2ccccc2)C1c1ccccc1C#N. The van der Waals surface area contributed by atoms with Crippen LogP contribution >= 0.6 is 0 Å². The molecular formula is C26H24N2O4. The van der Waals surface area contributed by atoms with Crippen LogP contribution in [-0.2, 0) is 19.1 Å². The van der Waals surface area contributed by atoms with E-state index in [0.29, 0.717) is 22.5 Å². The fourth-order valence-electron chi connectivity index (χ4n) is 3.76. The molecule has 0 radical (unpaired) electrons. The number of dihydropyridines is 1. The van der Waals surface area contributed by atoms with Gasteiger partial charge >= 0.3 is 11.9 Å². The van der Waals surface area contributed by atoms with Crippen LogP contribution in [0.2, 0.25) is 0 Å². The number of esters is 2. The van der Waals surface area contributed by atoms with Gasteiger partial charge in [0.15, 0.2) is 0 Å². The highest BCUT2D eigenvalue weighted by molar-refractivity contribution is 6.00. The molecule has 0 spiro atoms. The number of carbonyl (C=O) groups excluding carboxylic acids is 2. The van der Waals surface area contributed by atoms with Gasteiger partial charge in [-0.2, -0.15) is 5.26 Å². The van der Waals surface area contributed by atoms with Gasteiger partial charge in [-0.25, -0.2) is 9.59 Å². The molecule has 1 atom stereocenters. The Balaban J connectivity index is 1.95. The Hall–Kier alpha value is -4.11. The minimum Gasteiger partial charge on any atom is -0.466 e. The Morgan fingerprint density at radius 1 is 1.00 bits per heavy atom. The first-order chi connectivity index (χ1) is 15.5. The number of hydrogen-bond donors (Lipinski definition) is 1. The molecule has 6 heteroatoms. The zero-order valence-electron chi connectivity index (χ0n) is 18.2. The fourth-order valence-corrected chi connectivity index (χ4v) is 3.76. The van der Waals surface area contributed by atoms with Crippen LogP contribution < -0.4 is 5.32 Å². The number of benzene rings is 2. The summed E-state index contributed by atoms with van der Waals surface area (Å²) in [5.74, 6) is -1.93. The van der Waals surface area contributed by atoms with Gasteiger partial charge in [0.05, 0.1) is 35.8 Å². The van der Waals surface area contributed by atoms with E-state index >= 15 is 0 Å². The molecule has 0 amide bonds. The van der Waals surface area contributed by atoms with Crippen LogP contribution in [0.3, 0.4) is 0 Å². The molecule has 162 valence electrons. The molecule has 1 heterocycles. The number of rotatable bonds is 6. The Kier molecular flexibility index (Phi) is 7.25. The summed E-state index contributed by atoms with van der Waals surface area (Å²) < 4.78 is 10.5. The highest BCUT2D eigenvalue weighted by atomic mass is 16.5. The van der Waals surface area contributed by atoms with Crippen molar-refractivity contribution in [1.29, 1.82) is 5.26 Å². The number of nitrogens with zero attached hydrogens (tertiary/aromatic N) is 1. The van der Waals surface area contributed by atoms with Crippen molar-refractivity contribution in [3.63, 3.8) is 0 Å². The second kappa shape index (κ2) is 10.3. The number of nitriles is 1. The molecule has 0 aliphatic carbocycles. The monoisotopic (exact) mass is 428 g/mol. The van der Waals surface area contributed by atoms with Crippen LogP contribution in [0.4, 0.5) is 0 Å². The summed E-state index contributed by atoms with van der Waals surface area (Å²) in [4.78, 5) is 25.8. The summed E-state index contributed by atoms with van der Waals surface area (Å²) in [6.45, 7) is 3.55. The second-order valence-electron chi connectivity index (χ2n) is 7.24. The third-order valence-electron chi connectivity index (χ3n) is 5.20. The average molecular weight is 428 g/mol. The highest BCUT2D eigenvalue weighted by Gasteiger charge is 2.38. The number of ether oxygens (including phenoxy) is 2. The molecule has 3 rings (SSSR count). The maximum absolute atomic E-state index is 13.2. The Morgan fingerprint density at radius 3 is 2.28 bits per heavy atom. The molecule has 0 saturated heterocycles. The van der Waals surface area contributed by atoms with E-state index in [1.165, 1.54) is 7.11 Å². The van der Waals surface area contributed by atoms with Crippen molar-refractivity contribution in [2.24, 2.45) is 0 Å². The van der Waals surface area contributed by atoms with Crippen molar-refractivity contribution >= 4 is 18.0 Å². The van der Waals surface area contributed by atoms with E-state index in [0.717, 1.165) is 5.56 Å². The average Bonchev–Trinajstić information content (AvgIpc) is 2.81. The van der Waals surface area contributed by atoms with Gasteiger partial charge in [-0.1, -0.05) is 54.6 Å². The first-order valence-electron chi connectivity index (χ1n) is 10.1. The Bertz CT molecular complexity index is 1150. The van der Waals surface area contributed by atoms with Crippen LogP contribution in [0.15, 0.2) is 83.2 Å². The molecule has 1 aliphatic heterocycles. The molecule has 32 heavy (non-hydrogen) atoms. The number of nitrogens with one attached hydrogen (secondary N) is 1. The minimum atomic E-state index is -0.787. The van der Waals surface area contributed by atoms with Crippen LogP contribution in [-0.4, -0.2) is 25.7 Å². The van der Waals surface area contributed by atoms with Crippen molar-refractivity contribution < 1.29 is 19.1 Å². The predicted octanol–water partition coefficient (Wildman–Crippen LogP) is 4.22. The first kappa shape index (κ1) is 22.6. The maximum Gasteiger partial charge on any atom is 0.337 e. The lowest BCUT2D eigenvalue weighted by atomic mass is 9.79. The van der Waals surface area contributed by atoms with Crippen LogP contribution in [0.25, 0.3) is 6.08 Å². The normalized spacial score (nSPS) is 15.9. The van der Waals surface area contributed by atoms with E-state index in [-0.39, 0.29) is 17.8 Å². The summed E-state index contributed by atoms with van der Waals surface area (Å²) in [6, 6.07) is 18.7. The molecule has 2 aromatic carbocycles.